The van der Waals surface area contributed by atoms with E-state index >= 15 is 0 Å². The number of hydrogen-bond donors (Lipinski definition) is 1. The average molecular weight is 297 g/mol. The highest BCUT2D eigenvalue weighted by molar-refractivity contribution is 7.89. The number of phenolic OH excluding ortho intramolecular Hbond substituents is 1. The van der Waals surface area contributed by atoms with Crippen molar-refractivity contribution in [1.82, 2.24) is 4.31 Å². The number of phenols is 1. The van der Waals surface area contributed by atoms with Crippen molar-refractivity contribution < 1.29 is 18.3 Å². The van der Waals surface area contributed by atoms with Gasteiger partial charge in [0.25, 0.3) is 0 Å². The summed E-state index contributed by atoms with van der Waals surface area (Å²) in [5.74, 6) is -0.248. The molecule has 1 aromatic rings. The SMILES string of the molecule is CC1(C2CN(S(=O)(=O)c3ccccc3O)CCO2)N=N1. The van der Waals surface area contributed by atoms with E-state index in [0.717, 1.165) is 0 Å². The minimum atomic E-state index is -3.74. The number of nitrogens with zero attached hydrogens (tertiary/aromatic N) is 3. The van der Waals surface area contributed by atoms with Crippen molar-refractivity contribution in [2.45, 2.75) is 23.6 Å². The lowest BCUT2D eigenvalue weighted by Gasteiger charge is -2.33. The van der Waals surface area contributed by atoms with Gasteiger partial charge in [-0.1, -0.05) is 12.1 Å². The maximum absolute atomic E-state index is 12.6. The zero-order chi connectivity index (χ0) is 14.4. The van der Waals surface area contributed by atoms with Crippen LogP contribution in [0.4, 0.5) is 0 Å². The monoisotopic (exact) mass is 297 g/mol. The fraction of sp³-hybridized carbons (Fsp3) is 0.500. The van der Waals surface area contributed by atoms with Gasteiger partial charge in [0, 0.05) is 13.1 Å². The van der Waals surface area contributed by atoms with Crippen molar-refractivity contribution in [3.63, 3.8) is 0 Å². The fourth-order valence-electron chi connectivity index (χ4n) is 2.20. The molecule has 1 saturated heterocycles. The van der Waals surface area contributed by atoms with Crippen LogP contribution in [0.1, 0.15) is 6.92 Å². The molecular weight excluding hydrogens is 282 g/mol. The van der Waals surface area contributed by atoms with Gasteiger partial charge in [-0.15, -0.1) is 0 Å². The second-order valence-corrected chi connectivity index (χ2v) is 6.89. The molecule has 1 unspecified atom stereocenters. The van der Waals surface area contributed by atoms with Gasteiger partial charge in [0.05, 0.1) is 6.61 Å². The predicted molar refractivity (Wildman–Crippen MR) is 69.9 cm³/mol. The highest BCUT2D eigenvalue weighted by Crippen LogP contribution is 2.36. The summed E-state index contributed by atoms with van der Waals surface area (Å²) < 4.78 is 32.0. The van der Waals surface area contributed by atoms with E-state index in [4.69, 9.17) is 4.74 Å². The van der Waals surface area contributed by atoms with E-state index in [1.165, 1.54) is 16.4 Å². The molecule has 3 rings (SSSR count). The molecule has 8 heteroatoms. The molecule has 7 nitrogen and oxygen atoms in total. The van der Waals surface area contributed by atoms with E-state index in [1.54, 1.807) is 19.1 Å². The van der Waals surface area contributed by atoms with Crippen LogP contribution in [0, 0.1) is 0 Å². The highest BCUT2D eigenvalue weighted by Gasteiger charge is 2.48. The highest BCUT2D eigenvalue weighted by atomic mass is 32.2. The van der Waals surface area contributed by atoms with Gasteiger partial charge in [0.2, 0.25) is 15.7 Å². The first kappa shape index (κ1) is 13.5. The molecule has 1 fully saturated rings. The first-order chi connectivity index (χ1) is 9.43. The van der Waals surface area contributed by atoms with Crippen LogP contribution >= 0.6 is 0 Å². The third kappa shape index (κ3) is 2.19. The van der Waals surface area contributed by atoms with Crippen molar-refractivity contribution in [3.05, 3.63) is 24.3 Å². The molecule has 0 saturated carbocycles. The van der Waals surface area contributed by atoms with Gasteiger partial charge in [-0.2, -0.15) is 14.5 Å². The molecule has 2 aliphatic rings. The Kier molecular flexibility index (Phi) is 3.03. The van der Waals surface area contributed by atoms with Crippen molar-refractivity contribution in [2.75, 3.05) is 19.7 Å². The minimum absolute atomic E-state index is 0.0875. The largest absolute Gasteiger partial charge is 0.507 e. The Hall–Kier alpha value is -1.51. The lowest BCUT2D eigenvalue weighted by atomic mass is 10.1. The van der Waals surface area contributed by atoms with E-state index in [2.05, 4.69) is 10.2 Å². The molecule has 108 valence electrons. The maximum Gasteiger partial charge on any atom is 0.246 e. The van der Waals surface area contributed by atoms with Gasteiger partial charge < -0.3 is 9.84 Å². The molecule has 0 bridgehead atoms. The van der Waals surface area contributed by atoms with Gasteiger partial charge in [-0.25, -0.2) is 8.42 Å². The van der Waals surface area contributed by atoms with Crippen LogP contribution in [0.3, 0.4) is 0 Å². The number of sulfonamides is 1. The summed E-state index contributed by atoms with van der Waals surface area (Å²) in [7, 11) is -3.74. The second-order valence-electron chi connectivity index (χ2n) is 4.98. The number of rotatable bonds is 3. The quantitative estimate of drug-likeness (QED) is 0.899. The Morgan fingerprint density at radius 1 is 1.40 bits per heavy atom. The first-order valence-corrected chi connectivity index (χ1v) is 7.71. The Morgan fingerprint density at radius 3 is 2.75 bits per heavy atom. The summed E-state index contributed by atoms with van der Waals surface area (Å²) in [5.41, 5.74) is -0.632. The van der Waals surface area contributed by atoms with E-state index in [9.17, 15) is 13.5 Å². The van der Waals surface area contributed by atoms with Crippen LogP contribution in [-0.4, -0.2) is 49.3 Å². The third-order valence-electron chi connectivity index (χ3n) is 3.54. The number of hydrogen-bond acceptors (Lipinski definition) is 6. The smallest absolute Gasteiger partial charge is 0.246 e. The second kappa shape index (κ2) is 4.51. The standard InChI is InChI=1S/C12H15N3O4S/c1-12(13-14-12)11-8-15(6-7-19-11)20(17,18)10-5-3-2-4-9(10)16/h2-5,11,16H,6-8H2,1H3. The fourth-order valence-corrected chi connectivity index (χ4v) is 3.70. The molecule has 1 aromatic carbocycles. The number of para-hydroxylation sites is 1. The van der Waals surface area contributed by atoms with Gasteiger partial charge in [0.15, 0.2) is 0 Å². The molecule has 1 atom stereocenters. The number of aromatic hydroxyl groups is 1. The zero-order valence-corrected chi connectivity index (χ0v) is 11.7. The lowest BCUT2D eigenvalue weighted by Crippen LogP contribution is -2.50. The van der Waals surface area contributed by atoms with Crippen LogP contribution in [0.5, 0.6) is 5.75 Å². The van der Waals surface area contributed by atoms with E-state index in [-0.39, 0.29) is 36.4 Å². The predicted octanol–water partition coefficient (Wildman–Crippen LogP) is 0.964. The first-order valence-electron chi connectivity index (χ1n) is 6.27. The molecule has 2 heterocycles. The van der Waals surface area contributed by atoms with E-state index in [1.807, 2.05) is 0 Å². The summed E-state index contributed by atoms with van der Waals surface area (Å²) in [4.78, 5) is -0.0875. The lowest BCUT2D eigenvalue weighted by molar-refractivity contribution is -0.0225. The van der Waals surface area contributed by atoms with Crippen LogP contribution in [0.2, 0.25) is 0 Å². The van der Waals surface area contributed by atoms with Gasteiger partial charge in [-0.05, 0) is 19.1 Å². The number of benzene rings is 1. The average Bonchev–Trinajstić information content (AvgIpc) is 3.19. The summed E-state index contributed by atoms with van der Waals surface area (Å²) in [6, 6.07) is 5.91. The molecule has 0 aliphatic carbocycles. The van der Waals surface area contributed by atoms with Gasteiger partial charge >= 0.3 is 0 Å². The van der Waals surface area contributed by atoms with Crippen molar-refractivity contribution in [1.29, 1.82) is 0 Å². The van der Waals surface area contributed by atoms with Crippen LogP contribution in [0.25, 0.3) is 0 Å². The number of ether oxygens (including phenoxy) is 1. The minimum Gasteiger partial charge on any atom is -0.507 e. The summed E-state index contributed by atoms with van der Waals surface area (Å²) >= 11 is 0. The van der Waals surface area contributed by atoms with Crippen LogP contribution in [-0.2, 0) is 14.8 Å². The normalized spacial score (nSPS) is 25.6. The molecular formula is C12H15N3O4S. The zero-order valence-electron chi connectivity index (χ0n) is 10.9. The van der Waals surface area contributed by atoms with E-state index in [0.29, 0.717) is 0 Å². The third-order valence-corrected chi connectivity index (χ3v) is 5.45. The molecule has 0 radical (unpaired) electrons. The molecule has 2 aliphatic heterocycles. The molecule has 0 aromatic heterocycles. The Labute approximate surface area is 116 Å². The maximum atomic E-state index is 12.6. The van der Waals surface area contributed by atoms with Gasteiger partial charge in [-0.3, -0.25) is 0 Å². The topological polar surface area (TPSA) is 91.6 Å². The van der Waals surface area contributed by atoms with Crippen LogP contribution in [0.15, 0.2) is 39.4 Å². The summed E-state index contributed by atoms with van der Waals surface area (Å²) in [6.07, 6.45) is -0.378. The molecule has 0 spiro atoms. The number of morpholine rings is 1. The molecule has 1 N–H and O–H groups in total. The Morgan fingerprint density at radius 2 is 2.10 bits per heavy atom. The summed E-state index contributed by atoms with van der Waals surface area (Å²) in [5, 5.41) is 17.5. The molecule has 0 amide bonds. The Bertz CT molecular complexity index is 652. The van der Waals surface area contributed by atoms with Crippen LogP contribution < -0.4 is 0 Å². The Balaban J connectivity index is 1.86. The molecule has 20 heavy (non-hydrogen) atoms. The van der Waals surface area contributed by atoms with E-state index < -0.39 is 15.7 Å². The van der Waals surface area contributed by atoms with Gasteiger partial charge in [0.1, 0.15) is 16.7 Å². The summed E-state index contributed by atoms with van der Waals surface area (Å²) in [6.45, 7) is 2.52. The van der Waals surface area contributed by atoms with Crippen molar-refractivity contribution in [3.8, 4) is 5.75 Å². The van der Waals surface area contributed by atoms with Crippen molar-refractivity contribution >= 4 is 10.0 Å². The van der Waals surface area contributed by atoms with Crippen molar-refractivity contribution in [2.24, 2.45) is 10.2 Å².